The van der Waals surface area contributed by atoms with Gasteiger partial charge in [0.05, 0.1) is 12.2 Å². The zero-order valence-electron chi connectivity index (χ0n) is 14.4. The van der Waals surface area contributed by atoms with Crippen molar-refractivity contribution in [3.63, 3.8) is 0 Å². The van der Waals surface area contributed by atoms with E-state index in [1.165, 1.54) is 0 Å². The van der Waals surface area contributed by atoms with Crippen LogP contribution in [0.2, 0.25) is 0 Å². The van der Waals surface area contributed by atoms with E-state index >= 15 is 0 Å². The zero-order chi connectivity index (χ0) is 17.2. The summed E-state index contributed by atoms with van der Waals surface area (Å²) in [5.74, 6) is 2.70. The van der Waals surface area contributed by atoms with Crippen LogP contribution in [-0.4, -0.2) is 61.9 Å². The minimum atomic E-state index is -0.0349. The van der Waals surface area contributed by atoms with Crippen LogP contribution in [0.15, 0.2) is 10.6 Å². The number of urea groups is 1. The molecule has 0 atom stereocenters. The first-order valence-electron chi connectivity index (χ1n) is 8.77. The van der Waals surface area contributed by atoms with Crippen molar-refractivity contribution in [2.24, 2.45) is 0 Å². The Morgan fingerprint density at radius 3 is 2.84 bits per heavy atom. The summed E-state index contributed by atoms with van der Waals surface area (Å²) in [5.41, 5.74) is 0.941. The number of carbonyl (C=O) groups excluding carboxylic acids is 1. The van der Waals surface area contributed by atoms with Crippen molar-refractivity contribution in [3.05, 3.63) is 29.2 Å². The highest BCUT2D eigenvalue weighted by Crippen LogP contribution is 2.14. The van der Waals surface area contributed by atoms with Crippen LogP contribution in [0.4, 0.5) is 4.79 Å². The van der Waals surface area contributed by atoms with Crippen LogP contribution in [0.25, 0.3) is 0 Å². The van der Waals surface area contributed by atoms with Gasteiger partial charge in [0.15, 0.2) is 5.82 Å². The van der Waals surface area contributed by atoms with E-state index in [1.807, 2.05) is 17.9 Å². The fraction of sp³-hybridized carbons (Fsp3) is 0.625. The van der Waals surface area contributed by atoms with Gasteiger partial charge >= 0.3 is 6.03 Å². The number of nitrogens with one attached hydrogen (secondary N) is 1. The van der Waals surface area contributed by atoms with E-state index < -0.39 is 0 Å². The Morgan fingerprint density at radius 1 is 1.24 bits per heavy atom. The van der Waals surface area contributed by atoms with Gasteiger partial charge in [-0.15, -0.1) is 10.2 Å². The van der Waals surface area contributed by atoms with E-state index in [9.17, 15) is 4.79 Å². The Hall–Kier alpha value is -2.42. The number of rotatable bonds is 4. The van der Waals surface area contributed by atoms with Crippen molar-refractivity contribution in [1.29, 1.82) is 0 Å². The maximum Gasteiger partial charge on any atom is 0.317 e. The Morgan fingerprint density at radius 2 is 2.08 bits per heavy atom. The SMILES string of the molecule is Cc1cc(CN2CCN(C(=O)NCc3nnc4n3CCC4)CC2)no1. The normalized spacial score (nSPS) is 17.7. The first-order valence-corrected chi connectivity index (χ1v) is 8.77. The second-order valence-electron chi connectivity index (χ2n) is 6.64. The molecular formula is C16H23N7O2. The lowest BCUT2D eigenvalue weighted by molar-refractivity contribution is 0.133. The lowest BCUT2D eigenvalue weighted by atomic mass is 10.3. The number of aromatic nitrogens is 4. The minimum absolute atomic E-state index is 0.0349. The molecule has 0 aliphatic carbocycles. The summed E-state index contributed by atoms with van der Waals surface area (Å²) in [6, 6.07) is 1.92. The number of piperazine rings is 1. The molecule has 0 spiro atoms. The monoisotopic (exact) mass is 345 g/mol. The zero-order valence-corrected chi connectivity index (χ0v) is 14.4. The molecule has 0 unspecified atom stereocenters. The standard InChI is InChI=1S/C16H23N7O2/c1-12-9-13(20-25-12)11-21-5-7-22(8-6-21)16(24)17-10-15-19-18-14-3-2-4-23(14)15/h9H,2-8,10-11H2,1H3,(H,17,24). The number of fused-ring (bicyclic) bond motifs is 1. The van der Waals surface area contributed by atoms with Crippen molar-refractivity contribution in [2.45, 2.75) is 39.4 Å². The number of amides is 2. The predicted octanol–water partition coefficient (Wildman–Crippen LogP) is 0.548. The van der Waals surface area contributed by atoms with Gasteiger partial charge in [-0.3, -0.25) is 4.90 Å². The van der Waals surface area contributed by atoms with Crippen LogP contribution < -0.4 is 5.32 Å². The summed E-state index contributed by atoms with van der Waals surface area (Å²) in [4.78, 5) is 16.5. The van der Waals surface area contributed by atoms with Crippen LogP contribution in [0, 0.1) is 6.92 Å². The average molecular weight is 345 g/mol. The number of hydrogen-bond acceptors (Lipinski definition) is 6. The van der Waals surface area contributed by atoms with Gasteiger partial charge < -0.3 is 19.3 Å². The quantitative estimate of drug-likeness (QED) is 0.870. The van der Waals surface area contributed by atoms with E-state index in [0.717, 1.165) is 62.1 Å². The number of nitrogens with zero attached hydrogens (tertiary/aromatic N) is 6. The van der Waals surface area contributed by atoms with Crippen LogP contribution in [0.1, 0.15) is 29.5 Å². The summed E-state index contributed by atoms with van der Waals surface area (Å²) in [5, 5.41) is 15.3. The van der Waals surface area contributed by atoms with Crippen molar-refractivity contribution in [1.82, 2.24) is 35.0 Å². The lowest BCUT2D eigenvalue weighted by Crippen LogP contribution is -2.51. The van der Waals surface area contributed by atoms with Crippen molar-refractivity contribution in [2.75, 3.05) is 26.2 Å². The molecule has 4 heterocycles. The van der Waals surface area contributed by atoms with E-state index in [-0.39, 0.29) is 6.03 Å². The van der Waals surface area contributed by atoms with Gasteiger partial charge in [0, 0.05) is 51.8 Å². The van der Waals surface area contributed by atoms with E-state index in [1.54, 1.807) is 0 Å². The average Bonchev–Trinajstić information content (AvgIpc) is 3.31. The molecule has 1 saturated heterocycles. The van der Waals surface area contributed by atoms with Crippen LogP contribution in [0.5, 0.6) is 0 Å². The highest BCUT2D eigenvalue weighted by atomic mass is 16.5. The third kappa shape index (κ3) is 3.51. The minimum Gasteiger partial charge on any atom is -0.361 e. The van der Waals surface area contributed by atoms with Crippen molar-refractivity contribution in [3.8, 4) is 0 Å². The highest BCUT2D eigenvalue weighted by molar-refractivity contribution is 5.74. The molecule has 0 radical (unpaired) electrons. The summed E-state index contributed by atoms with van der Waals surface area (Å²) in [6.07, 6.45) is 2.09. The molecule has 2 amide bonds. The molecule has 9 nitrogen and oxygen atoms in total. The molecule has 2 aliphatic heterocycles. The Kier molecular flexibility index (Phi) is 4.39. The number of hydrogen-bond donors (Lipinski definition) is 1. The van der Waals surface area contributed by atoms with Crippen LogP contribution in [-0.2, 0) is 26.1 Å². The molecule has 1 fully saturated rings. The number of aryl methyl sites for hydroxylation is 2. The molecule has 2 aromatic rings. The first kappa shape index (κ1) is 16.1. The lowest BCUT2D eigenvalue weighted by Gasteiger charge is -2.34. The predicted molar refractivity (Wildman–Crippen MR) is 88.7 cm³/mol. The smallest absolute Gasteiger partial charge is 0.317 e. The largest absolute Gasteiger partial charge is 0.361 e. The summed E-state index contributed by atoms with van der Waals surface area (Å²) in [7, 11) is 0. The Balaban J connectivity index is 1.24. The molecular weight excluding hydrogens is 322 g/mol. The second kappa shape index (κ2) is 6.83. The van der Waals surface area contributed by atoms with Gasteiger partial charge in [-0.25, -0.2) is 4.79 Å². The third-order valence-corrected chi connectivity index (χ3v) is 4.81. The number of carbonyl (C=O) groups is 1. The van der Waals surface area contributed by atoms with Gasteiger partial charge in [-0.1, -0.05) is 5.16 Å². The molecule has 1 N–H and O–H groups in total. The molecule has 0 aromatic carbocycles. The summed E-state index contributed by atoms with van der Waals surface area (Å²) < 4.78 is 7.21. The van der Waals surface area contributed by atoms with E-state index in [4.69, 9.17) is 4.52 Å². The molecule has 4 rings (SSSR count). The molecule has 0 saturated carbocycles. The highest BCUT2D eigenvalue weighted by Gasteiger charge is 2.23. The van der Waals surface area contributed by atoms with Crippen molar-refractivity contribution >= 4 is 6.03 Å². The summed E-state index contributed by atoms with van der Waals surface area (Å²) >= 11 is 0. The molecule has 25 heavy (non-hydrogen) atoms. The van der Waals surface area contributed by atoms with Gasteiger partial charge in [0.1, 0.15) is 11.6 Å². The van der Waals surface area contributed by atoms with Gasteiger partial charge in [0.2, 0.25) is 0 Å². The fourth-order valence-electron chi connectivity index (χ4n) is 3.44. The molecule has 2 aliphatic rings. The molecule has 134 valence electrons. The van der Waals surface area contributed by atoms with E-state index in [0.29, 0.717) is 19.6 Å². The maximum absolute atomic E-state index is 12.4. The van der Waals surface area contributed by atoms with E-state index in [2.05, 4.69) is 30.1 Å². The third-order valence-electron chi connectivity index (χ3n) is 4.81. The van der Waals surface area contributed by atoms with Crippen LogP contribution >= 0.6 is 0 Å². The molecule has 2 aromatic heterocycles. The van der Waals surface area contributed by atoms with Crippen LogP contribution in [0.3, 0.4) is 0 Å². The Bertz CT molecular complexity index is 746. The molecule has 9 heteroatoms. The van der Waals surface area contributed by atoms with Gasteiger partial charge in [-0.05, 0) is 13.3 Å². The topological polar surface area (TPSA) is 92.3 Å². The summed E-state index contributed by atoms with van der Waals surface area (Å²) in [6.45, 7) is 7.13. The first-order chi connectivity index (χ1) is 12.2. The second-order valence-corrected chi connectivity index (χ2v) is 6.64. The van der Waals surface area contributed by atoms with Crippen molar-refractivity contribution < 1.29 is 9.32 Å². The molecule has 0 bridgehead atoms. The van der Waals surface area contributed by atoms with Gasteiger partial charge in [0.25, 0.3) is 0 Å². The fourth-order valence-corrected chi connectivity index (χ4v) is 3.44. The Labute approximate surface area is 146 Å². The maximum atomic E-state index is 12.4. The van der Waals surface area contributed by atoms with Gasteiger partial charge in [-0.2, -0.15) is 0 Å².